The van der Waals surface area contributed by atoms with Crippen molar-refractivity contribution < 1.29 is 4.79 Å². The zero-order valence-corrected chi connectivity index (χ0v) is 14.5. The molecule has 0 atom stereocenters. The molecule has 2 aromatic carbocycles. The molecule has 5 nitrogen and oxygen atoms in total. The lowest BCUT2D eigenvalue weighted by molar-refractivity contribution is 0.0949. The summed E-state index contributed by atoms with van der Waals surface area (Å²) >= 11 is 0. The Morgan fingerprint density at radius 1 is 1.04 bits per heavy atom. The normalized spacial score (nSPS) is 11.4. The highest BCUT2D eigenvalue weighted by atomic mass is 16.2. The number of hydrogen-bond donors (Lipinski definition) is 2. The van der Waals surface area contributed by atoms with Crippen molar-refractivity contribution in [2.24, 2.45) is 5.10 Å². The monoisotopic (exact) mass is 332 g/mol. The van der Waals surface area contributed by atoms with Crippen molar-refractivity contribution in [3.8, 4) is 11.3 Å². The minimum absolute atomic E-state index is 0.307. The molecule has 0 unspecified atom stereocenters. The van der Waals surface area contributed by atoms with Crippen LogP contribution in [0.2, 0.25) is 0 Å². The number of rotatable bonds is 4. The Kier molecular flexibility index (Phi) is 4.75. The van der Waals surface area contributed by atoms with Crippen molar-refractivity contribution in [1.29, 1.82) is 0 Å². The van der Waals surface area contributed by atoms with Crippen molar-refractivity contribution in [1.82, 2.24) is 15.6 Å². The van der Waals surface area contributed by atoms with E-state index in [0.29, 0.717) is 5.69 Å². The van der Waals surface area contributed by atoms with Crippen LogP contribution in [0.4, 0.5) is 0 Å². The van der Waals surface area contributed by atoms with E-state index in [1.54, 1.807) is 0 Å². The number of amides is 1. The maximum Gasteiger partial charge on any atom is 0.289 e. The molecule has 0 spiro atoms. The van der Waals surface area contributed by atoms with Crippen LogP contribution < -0.4 is 5.43 Å². The summed E-state index contributed by atoms with van der Waals surface area (Å²) in [5.41, 5.74) is 8.44. The Labute approximate surface area is 146 Å². The van der Waals surface area contributed by atoms with E-state index in [-0.39, 0.29) is 5.91 Å². The lowest BCUT2D eigenvalue weighted by Gasteiger charge is -2.03. The highest BCUT2D eigenvalue weighted by Crippen LogP contribution is 2.22. The topological polar surface area (TPSA) is 70.1 Å². The molecule has 5 heteroatoms. The van der Waals surface area contributed by atoms with Crippen molar-refractivity contribution in [3.05, 3.63) is 77.0 Å². The number of hydrogen-bond acceptors (Lipinski definition) is 3. The molecular weight excluding hydrogens is 312 g/mol. The first-order valence-electron chi connectivity index (χ1n) is 8.08. The summed E-state index contributed by atoms with van der Waals surface area (Å²) < 4.78 is 0. The van der Waals surface area contributed by atoms with E-state index in [1.165, 1.54) is 5.56 Å². The lowest BCUT2D eigenvalue weighted by atomic mass is 10.1. The van der Waals surface area contributed by atoms with E-state index in [4.69, 9.17) is 0 Å². The van der Waals surface area contributed by atoms with E-state index < -0.39 is 0 Å². The van der Waals surface area contributed by atoms with Gasteiger partial charge >= 0.3 is 0 Å². The highest BCUT2D eigenvalue weighted by Gasteiger charge is 2.16. The number of carbonyl (C=O) groups excluding carboxylic acids is 1. The van der Waals surface area contributed by atoms with Crippen LogP contribution in [0, 0.1) is 13.8 Å². The third-order valence-corrected chi connectivity index (χ3v) is 4.08. The van der Waals surface area contributed by atoms with Gasteiger partial charge in [0, 0.05) is 11.1 Å². The van der Waals surface area contributed by atoms with Gasteiger partial charge < -0.3 is 0 Å². The maximum absolute atomic E-state index is 12.4. The zero-order valence-electron chi connectivity index (χ0n) is 14.5. The molecule has 0 saturated heterocycles. The van der Waals surface area contributed by atoms with Crippen LogP contribution in [-0.2, 0) is 0 Å². The van der Waals surface area contributed by atoms with Gasteiger partial charge in [0.2, 0.25) is 0 Å². The van der Waals surface area contributed by atoms with Crippen LogP contribution in [0.1, 0.15) is 34.1 Å². The minimum atomic E-state index is -0.307. The van der Waals surface area contributed by atoms with Crippen LogP contribution in [0.5, 0.6) is 0 Å². The Balaban J connectivity index is 1.77. The molecule has 1 aromatic heterocycles. The van der Waals surface area contributed by atoms with Crippen molar-refractivity contribution in [3.63, 3.8) is 0 Å². The summed E-state index contributed by atoms with van der Waals surface area (Å²) in [6.45, 7) is 5.76. The van der Waals surface area contributed by atoms with Gasteiger partial charge in [-0.1, -0.05) is 60.2 Å². The molecule has 0 radical (unpaired) electrons. The minimum Gasteiger partial charge on any atom is -0.272 e. The lowest BCUT2D eigenvalue weighted by Crippen LogP contribution is -2.20. The Morgan fingerprint density at radius 2 is 1.72 bits per heavy atom. The zero-order chi connectivity index (χ0) is 17.8. The first kappa shape index (κ1) is 16.6. The average molecular weight is 332 g/mol. The molecule has 126 valence electrons. The molecule has 0 fully saturated rings. The summed E-state index contributed by atoms with van der Waals surface area (Å²) in [6, 6.07) is 17.8. The molecule has 0 aliphatic rings. The molecule has 0 aliphatic heterocycles. The molecule has 0 saturated carbocycles. The molecular formula is C20H20N4O. The second kappa shape index (κ2) is 7.13. The summed E-state index contributed by atoms with van der Waals surface area (Å²) in [4.78, 5) is 12.4. The predicted octanol–water partition coefficient (Wildman–Crippen LogP) is 3.85. The van der Waals surface area contributed by atoms with Gasteiger partial charge in [-0.15, -0.1) is 0 Å². The first-order valence-corrected chi connectivity index (χ1v) is 8.08. The van der Waals surface area contributed by atoms with Crippen molar-refractivity contribution >= 4 is 11.6 Å². The van der Waals surface area contributed by atoms with Crippen LogP contribution in [0.3, 0.4) is 0 Å². The van der Waals surface area contributed by atoms with Gasteiger partial charge in [-0.05, 0) is 26.3 Å². The van der Waals surface area contributed by atoms with Gasteiger partial charge in [0.15, 0.2) is 0 Å². The van der Waals surface area contributed by atoms with E-state index in [2.05, 4.69) is 20.7 Å². The second-order valence-corrected chi connectivity index (χ2v) is 5.94. The SMILES string of the molecule is C/C(=N/NC(=O)c1[nH]nc(-c2ccccc2)c1C)c1ccc(C)cc1. The average Bonchev–Trinajstić information content (AvgIpc) is 3.02. The number of carbonyl (C=O) groups is 1. The van der Waals surface area contributed by atoms with Crippen molar-refractivity contribution in [2.45, 2.75) is 20.8 Å². The van der Waals surface area contributed by atoms with E-state index in [9.17, 15) is 4.79 Å². The first-order chi connectivity index (χ1) is 12.1. The molecule has 1 heterocycles. The van der Waals surface area contributed by atoms with E-state index in [1.807, 2.05) is 75.4 Å². The number of benzene rings is 2. The predicted molar refractivity (Wildman–Crippen MR) is 99.6 cm³/mol. The standard InChI is InChI=1S/C20H20N4O/c1-13-9-11-16(12-10-13)15(3)21-24-20(25)19-14(2)18(22-23-19)17-7-5-4-6-8-17/h4-12H,1-3H3,(H,22,23)(H,24,25)/b21-15-. The van der Waals surface area contributed by atoms with Crippen LogP contribution >= 0.6 is 0 Å². The number of hydrazone groups is 1. The quantitative estimate of drug-likeness (QED) is 0.563. The number of aromatic amines is 1. The Bertz CT molecular complexity index is 909. The largest absolute Gasteiger partial charge is 0.289 e. The van der Waals surface area contributed by atoms with E-state index in [0.717, 1.165) is 28.1 Å². The molecule has 0 bridgehead atoms. The Morgan fingerprint density at radius 3 is 2.40 bits per heavy atom. The number of H-pyrrole nitrogens is 1. The van der Waals surface area contributed by atoms with Gasteiger partial charge in [0.1, 0.15) is 5.69 Å². The molecule has 3 rings (SSSR count). The van der Waals surface area contributed by atoms with Crippen molar-refractivity contribution in [2.75, 3.05) is 0 Å². The second-order valence-electron chi connectivity index (χ2n) is 5.94. The number of nitrogens with zero attached hydrogens (tertiary/aromatic N) is 2. The maximum atomic E-state index is 12.4. The van der Waals surface area contributed by atoms with Crippen LogP contribution in [0.15, 0.2) is 59.7 Å². The van der Waals surface area contributed by atoms with Crippen LogP contribution in [0.25, 0.3) is 11.3 Å². The van der Waals surface area contributed by atoms with Crippen LogP contribution in [-0.4, -0.2) is 21.8 Å². The molecule has 25 heavy (non-hydrogen) atoms. The van der Waals surface area contributed by atoms with Gasteiger partial charge in [0.25, 0.3) is 5.91 Å². The number of aryl methyl sites for hydroxylation is 1. The molecule has 1 amide bonds. The third-order valence-electron chi connectivity index (χ3n) is 4.08. The molecule has 3 aromatic rings. The molecule has 2 N–H and O–H groups in total. The van der Waals surface area contributed by atoms with Gasteiger partial charge in [-0.3, -0.25) is 9.89 Å². The highest BCUT2D eigenvalue weighted by molar-refractivity contribution is 6.01. The van der Waals surface area contributed by atoms with E-state index >= 15 is 0 Å². The number of nitrogens with one attached hydrogen (secondary N) is 2. The smallest absolute Gasteiger partial charge is 0.272 e. The van der Waals surface area contributed by atoms with Gasteiger partial charge in [-0.25, -0.2) is 5.43 Å². The fraction of sp³-hybridized carbons (Fsp3) is 0.150. The molecule has 0 aliphatic carbocycles. The summed E-state index contributed by atoms with van der Waals surface area (Å²) in [7, 11) is 0. The Hall–Kier alpha value is -3.21. The van der Waals surface area contributed by atoms with Gasteiger partial charge in [-0.2, -0.15) is 10.2 Å². The third kappa shape index (κ3) is 3.66. The number of aromatic nitrogens is 2. The summed E-state index contributed by atoms with van der Waals surface area (Å²) in [6.07, 6.45) is 0. The summed E-state index contributed by atoms with van der Waals surface area (Å²) in [5.74, 6) is -0.307. The summed E-state index contributed by atoms with van der Waals surface area (Å²) in [5, 5.41) is 11.3. The fourth-order valence-electron chi connectivity index (χ4n) is 2.55. The van der Waals surface area contributed by atoms with Gasteiger partial charge in [0.05, 0.1) is 11.4 Å². The fourth-order valence-corrected chi connectivity index (χ4v) is 2.55.